The van der Waals surface area contributed by atoms with Gasteiger partial charge in [0, 0.05) is 25.3 Å². The van der Waals surface area contributed by atoms with Gasteiger partial charge in [-0.2, -0.15) is 0 Å². The van der Waals surface area contributed by atoms with Gasteiger partial charge in [-0.05, 0) is 38.5 Å². The quantitative estimate of drug-likeness (QED) is 0.792. The molecule has 1 aromatic rings. The van der Waals surface area contributed by atoms with Crippen LogP contribution < -0.4 is 4.90 Å². The van der Waals surface area contributed by atoms with Crippen LogP contribution in [0.2, 0.25) is 5.15 Å². The number of hydrogen-bond donors (Lipinski definition) is 0. The summed E-state index contributed by atoms with van der Waals surface area (Å²) in [6.07, 6.45) is 7.99. The van der Waals surface area contributed by atoms with Crippen molar-refractivity contribution in [1.29, 1.82) is 0 Å². The Morgan fingerprint density at radius 3 is 2.90 bits per heavy atom. The molecule has 1 aliphatic carbocycles. The summed E-state index contributed by atoms with van der Waals surface area (Å²) >= 11 is 6.19. The van der Waals surface area contributed by atoms with Crippen LogP contribution in [0.4, 0.5) is 5.82 Å². The maximum atomic E-state index is 6.19. The lowest BCUT2D eigenvalue weighted by Gasteiger charge is -2.44. The van der Waals surface area contributed by atoms with Crippen LogP contribution in [0.15, 0.2) is 6.07 Å². The number of aromatic nitrogens is 2. The normalized spacial score (nSPS) is 25.7. The number of hydrogen-bond acceptors (Lipinski definition) is 4. The number of nitrogens with zero attached hydrogens (tertiary/aromatic N) is 3. The van der Waals surface area contributed by atoms with E-state index in [1.54, 1.807) is 0 Å². The van der Waals surface area contributed by atoms with Crippen molar-refractivity contribution < 1.29 is 4.74 Å². The Labute approximate surface area is 131 Å². The summed E-state index contributed by atoms with van der Waals surface area (Å²) in [6.45, 7) is 4.16. The van der Waals surface area contributed by atoms with E-state index in [1.165, 1.54) is 38.5 Å². The van der Waals surface area contributed by atoms with Crippen molar-refractivity contribution in [1.82, 2.24) is 9.97 Å². The summed E-state index contributed by atoms with van der Waals surface area (Å²) in [7, 11) is 0. The van der Waals surface area contributed by atoms with Crippen molar-refractivity contribution >= 4 is 17.4 Å². The zero-order chi connectivity index (χ0) is 14.7. The molecule has 2 aliphatic rings. The lowest BCUT2D eigenvalue weighted by atomic mass is 9.78. The number of piperidine rings is 1. The van der Waals surface area contributed by atoms with E-state index in [2.05, 4.69) is 9.88 Å². The van der Waals surface area contributed by atoms with Crippen molar-refractivity contribution in [2.45, 2.75) is 58.1 Å². The van der Waals surface area contributed by atoms with Gasteiger partial charge in [-0.1, -0.05) is 24.4 Å². The second kappa shape index (κ2) is 6.93. The fourth-order valence-corrected chi connectivity index (χ4v) is 3.96. The molecule has 0 bridgehead atoms. The molecule has 0 unspecified atom stereocenters. The highest BCUT2D eigenvalue weighted by Crippen LogP contribution is 2.37. The zero-order valence-electron chi connectivity index (χ0n) is 12.7. The second-order valence-corrected chi connectivity index (χ2v) is 6.44. The fourth-order valence-electron chi connectivity index (χ4n) is 3.77. The van der Waals surface area contributed by atoms with E-state index in [0.717, 1.165) is 18.3 Å². The minimum atomic E-state index is 0.437. The van der Waals surface area contributed by atoms with Crippen molar-refractivity contribution in [2.24, 2.45) is 5.92 Å². The summed E-state index contributed by atoms with van der Waals surface area (Å²) in [5.41, 5.74) is 0. The average molecular weight is 310 g/mol. The van der Waals surface area contributed by atoms with E-state index in [0.29, 0.717) is 30.2 Å². The summed E-state index contributed by atoms with van der Waals surface area (Å²) in [5, 5.41) is 0.521. The predicted molar refractivity (Wildman–Crippen MR) is 84.7 cm³/mol. The smallest absolute Gasteiger partial charge is 0.158 e. The van der Waals surface area contributed by atoms with Gasteiger partial charge >= 0.3 is 0 Å². The third kappa shape index (κ3) is 3.49. The molecule has 0 aromatic carbocycles. The minimum absolute atomic E-state index is 0.437. The molecular formula is C16H24ClN3O. The number of fused-ring (bicyclic) bond motifs is 1. The molecule has 0 amide bonds. The van der Waals surface area contributed by atoms with Gasteiger partial charge in [0.05, 0.1) is 0 Å². The highest BCUT2D eigenvalue weighted by molar-refractivity contribution is 6.29. The predicted octanol–water partition coefficient (Wildman–Crippen LogP) is 3.83. The lowest BCUT2D eigenvalue weighted by molar-refractivity contribution is 0.128. The molecule has 5 heteroatoms. The van der Waals surface area contributed by atoms with E-state index in [4.69, 9.17) is 21.3 Å². The number of ether oxygens (including phenoxy) is 1. The molecule has 2 heterocycles. The largest absolute Gasteiger partial charge is 0.374 e. The molecule has 116 valence electrons. The Hall–Kier alpha value is -0.870. The fraction of sp³-hybridized carbons (Fsp3) is 0.750. The van der Waals surface area contributed by atoms with Gasteiger partial charge in [-0.3, -0.25) is 0 Å². The van der Waals surface area contributed by atoms with Crippen molar-refractivity contribution in [2.75, 3.05) is 18.1 Å². The highest BCUT2D eigenvalue weighted by Gasteiger charge is 2.34. The van der Waals surface area contributed by atoms with Gasteiger partial charge in [0.2, 0.25) is 0 Å². The van der Waals surface area contributed by atoms with E-state index in [1.807, 2.05) is 13.0 Å². The van der Waals surface area contributed by atoms with Crippen LogP contribution in [0.3, 0.4) is 0 Å². The maximum Gasteiger partial charge on any atom is 0.158 e. The minimum Gasteiger partial charge on any atom is -0.374 e. The van der Waals surface area contributed by atoms with Crippen LogP contribution in [0.25, 0.3) is 0 Å². The van der Waals surface area contributed by atoms with Crippen molar-refractivity contribution in [3.05, 3.63) is 17.0 Å². The molecule has 0 radical (unpaired) electrons. The number of anilines is 1. The van der Waals surface area contributed by atoms with E-state index < -0.39 is 0 Å². The standard InChI is InChI=1S/C16H24ClN3O/c1-2-21-11-15-18-14(17)10-16(19-15)20-9-5-7-12-6-3-4-8-13(12)20/h10,12-13H,2-9,11H2,1H3/t12-,13-/m1/s1. The van der Waals surface area contributed by atoms with Crippen LogP contribution in [-0.2, 0) is 11.3 Å². The molecule has 4 nitrogen and oxygen atoms in total. The summed E-state index contributed by atoms with van der Waals surface area (Å²) < 4.78 is 5.42. The van der Waals surface area contributed by atoms with Crippen LogP contribution in [0.1, 0.15) is 51.3 Å². The first kappa shape index (κ1) is 15.0. The Morgan fingerprint density at radius 2 is 2.05 bits per heavy atom. The average Bonchev–Trinajstić information content (AvgIpc) is 2.52. The van der Waals surface area contributed by atoms with Crippen LogP contribution in [-0.4, -0.2) is 29.2 Å². The summed E-state index contributed by atoms with van der Waals surface area (Å²) in [6, 6.07) is 2.55. The first-order valence-corrected chi connectivity index (χ1v) is 8.53. The third-order valence-corrected chi connectivity index (χ3v) is 4.89. The van der Waals surface area contributed by atoms with Crippen LogP contribution in [0.5, 0.6) is 0 Å². The molecule has 2 atom stereocenters. The van der Waals surface area contributed by atoms with Crippen LogP contribution >= 0.6 is 11.6 Å². The molecule has 2 fully saturated rings. The number of halogens is 1. The molecule has 1 saturated heterocycles. The van der Waals surface area contributed by atoms with E-state index in [-0.39, 0.29) is 0 Å². The van der Waals surface area contributed by atoms with Gasteiger partial charge in [0.15, 0.2) is 5.82 Å². The van der Waals surface area contributed by atoms with Gasteiger partial charge in [0.1, 0.15) is 17.6 Å². The van der Waals surface area contributed by atoms with Gasteiger partial charge in [-0.15, -0.1) is 0 Å². The van der Waals surface area contributed by atoms with Crippen LogP contribution in [0, 0.1) is 5.92 Å². The molecule has 0 N–H and O–H groups in total. The molecular weight excluding hydrogens is 286 g/mol. The van der Waals surface area contributed by atoms with Crippen molar-refractivity contribution in [3.8, 4) is 0 Å². The van der Waals surface area contributed by atoms with E-state index in [9.17, 15) is 0 Å². The topological polar surface area (TPSA) is 38.2 Å². The Balaban J connectivity index is 1.82. The molecule has 3 rings (SSSR count). The maximum absolute atomic E-state index is 6.19. The molecule has 1 aliphatic heterocycles. The lowest BCUT2D eigenvalue weighted by Crippen LogP contribution is -2.47. The molecule has 1 aromatic heterocycles. The summed E-state index contributed by atoms with van der Waals surface area (Å²) in [5.74, 6) is 2.51. The Morgan fingerprint density at radius 1 is 1.24 bits per heavy atom. The van der Waals surface area contributed by atoms with Gasteiger partial charge < -0.3 is 9.64 Å². The molecule has 21 heavy (non-hydrogen) atoms. The second-order valence-electron chi connectivity index (χ2n) is 6.05. The monoisotopic (exact) mass is 309 g/mol. The van der Waals surface area contributed by atoms with Crippen molar-refractivity contribution in [3.63, 3.8) is 0 Å². The zero-order valence-corrected chi connectivity index (χ0v) is 13.5. The first-order valence-electron chi connectivity index (χ1n) is 8.15. The Bertz CT molecular complexity index is 481. The number of rotatable bonds is 4. The first-order chi connectivity index (χ1) is 10.3. The van der Waals surface area contributed by atoms with Gasteiger partial charge in [-0.25, -0.2) is 9.97 Å². The molecule has 0 spiro atoms. The Kier molecular flexibility index (Phi) is 4.96. The molecule has 1 saturated carbocycles. The summed E-state index contributed by atoms with van der Waals surface area (Å²) in [4.78, 5) is 11.4. The highest BCUT2D eigenvalue weighted by atomic mass is 35.5. The SMILES string of the molecule is CCOCc1nc(Cl)cc(N2CCC[C@H]3CCCC[C@H]32)n1. The third-order valence-electron chi connectivity index (χ3n) is 4.70. The van der Waals surface area contributed by atoms with Gasteiger partial charge in [0.25, 0.3) is 0 Å². The van der Waals surface area contributed by atoms with E-state index >= 15 is 0 Å².